The summed E-state index contributed by atoms with van der Waals surface area (Å²) in [7, 11) is 3.31. The number of rotatable bonds is 6. The number of hydrogen-bond donors (Lipinski definition) is 1. The van der Waals surface area contributed by atoms with Gasteiger partial charge < -0.3 is 14.8 Å². The fraction of sp³-hybridized carbons (Fsp3) is 0.391. The highest BCUT2D eigenvalue weighted by Gasteiger charge is 2.21. The minimum absolute atomic E-state index is 0.434. The van der Waals surface area contributed by atoms with Gasteiger partial charge in [-0.25, -0.2) is 9.97 Å². The van der Waals surface area contributed by atoms with E-state index in [4.69, 9.17) is 19.4 Å². The number of nitrogens with one attached hydrogen (secondary N) is 1. The Kier molecular flexibility index (Phi) is 5.60. The molecule has 5 heteroatoms. The van der Waals surface area contributed by atoms with Gasteiger partial charge in [0, 0.05) is 23.9 Å². The van der Waals surface area contributed by atoms with Crippen LogP contribution in [0.25, 0.3) is 10.9 Å². The van der Waals surface area contributed by atoms with E-state index in [0.29, 0.717) is 24.0 Å². The number of nitrogens with zero attached hydrogens (tertiary/aromatic N) is 2. The minimum atomic E-state index is 0.434. The Morgan fingerprint density at radius 2 is 1.64 bits per heavy atom. The summed E-state index contributed by atoms with van der Waals surface area (Å²) in [6.45, 7) is 0.714. The van der Waals surface area contributed by atoms with Crippen molar-refractivity contribution in [3.63, 3.8) is 0 Å². The molecule has 3 aromatic rings. The zero-order chi connectivity index (χ0) is 19.3. The fourth-order valence-electron chi connectivity index (χ4n) is 3.93. The summed E-state index contributed by atoms with van der Waals surface area (Å²) >= 11 is 0. The van der Waals surface area contributed by atoms with Crippen molar-refractivity contribution in [3.8, 4) is 11.5 Å². The molecular weight excluding hydrogens is 350 g/mol. The number of hydrogen-bond acceptors (Lipinski definition) is 5. The molecule has 2 aromatic carbocycles. The molecule has 0 atom stereocenters. The summed E-state index contributed by atoms with van der Waals surface area (Å²) in [6.07, 6.45) is 6.15. The number of benzene rings is 2. The lowest BCUT2D eigenvalue weighted by Crippen LogP contribution is -2.12. The summed E-state index contributed by atoms with van der Waals surface area (Å²) < 4.78 is 11.0. The lowest BCUT2D eigenvalue weighted by molar-refractivity contribution is 0.355. The Morgan fingerprint density at radius 3 is 2.36 bits per heavy atom. The van der Waals surface area contributed by atoms with Gasteiger partial charge in [0.1, 0.15) is 11.6 Å². The van der Waals surface area contributed by atoms with Crippen molar-refractivity contribution in [1.29, 1.82) is 0 Å². The second-order valence-electron chi connectivity index (χ2n) is 7.33. The van der Waals surface area contributed by atoms with E-state index < -0.39 is 0 Å². The fourth-order valence-corrected chi connectivity index (χ4v) is 3.93. The van der Waals surface area contributed by atoms with Crippen LogP contribution in [0.5, 0.6) is 11.5 Å². The van der Waals surface area contributed by atoms with Gasteiger partial charge in [-0.05, 0) is 24.5 Å². The van der Waals surface area contributed by atoms with Gasteiger partial charge in [0.05, 0.1) is 19.7 Å². The topological polar surface area (TPSA) is 56.3 Å². The molecule has 1 N–H and O–H groups in total. The van der Waals surface area contributed by atoms with Crippen LogP contribution >= 0.6 is 0 Å². The zero-order valence-electron chi connectivity index (χ0n) is 16.6. The number of ether oxygens (including phenoxy) is 2. The van der Waals surface area contributed by atoms with Gasteiger partial charge in [-0.15, -0.1) is 0 Å². The average Bonchev–Trinajstić information content (AvgIpc) is 2.77. The van der Waals surface area contributed by atoms with Crippen LogP contribution in [-0.4, -0.2) is 24.2 Å². The molecule has 1 aromatic heterocycles. The maximum atomic E-state index is 5.50. The summed E-state index contributed by atoms with van der Waals surface area (Å²) in [5.74, 6) is 3.61. The number of anilines is 1. The van der Waals surface area contributed by atoms with Crippen LogP contribution in [0.15, 0.2) is 42.5 Å². The van der Waals surface area contributed by atoms with Crippen molar-refractivity contribution >= 4 is 16.7 Å². The maximum absolute atomic E-state index is 5.50. The summed E-state index contributed by atoms with van der Waals surface area (Å²) in [6, 6.07) is 14.3. The Morgan fingerprint density at radius 1 is 0.929 bits per heavy atom. The number of fused-ring (bicyclic) bond motifs is 1. The smallest absolute Gasteiger partial charge is 0.162 e. The van der Waals surface area contributed by atoms with Crippen LogP contribution in [0.4, 0.5) is 5.82 Å². The second kappa shape index (κ2) is 8.46. The molecular formula is C23H27N3O2. The molecule has 1 saturated carbocycles. The van der Waals surface area contributed by atoms with Gasteiger partial charge in [0.25, 0.3) is 0 Å². The highest BCUT2D eigenvalue weighted by molar-refractivity contribution is 5.91. The number of methoxy groups -OCH3 is 2. The molecule has 1 aliphatic rings. The molecule has 1 aliphatic carbocycles. The van der Waals surface area contributed by atoms with Crippen LogP contribution in [0, 0.1) is 0 Å². The molecule has 0 bridgehead atoms. The molecule has 0 saturated heterocycles. The van der Waals surface area contributed by atoms with Crippen LogP contribution in [0.3, 0.4) is 0 Å². The highest BCUT2D eigenvalue weighted by atomic mass is 16.5. The molecule has 0 radical (unpaired) electrons. The molecule has 5 nitrogen and oxygen atoms in total. The molecule has 4 rings (SSSR count). The molecule has 28 heavy (non-hydrogen) atoms. The predicted molar refractivity (Wildman–Crippen MR) is 112 cm³/mol. The third-order valence-electron chi connectivity index (χ3n) is 5.49. The van der Waals surface area contributed by atoms with Crippen molar-refractivity contribution in [3.05, 3.63) is 53.9 Å². The average molecular weight is 377 g/mol. The molecule has 1 heterocycles. The Hall–Kier alpha value is -2.82. The number of aromatic nitrogens is 2. The van der Waals surface area contributed by atoms with Gasteiger partial charge in [-0.1, -0.05) is 49.6 Å². The molecule has 146 valence electrons. The Labute approximate surface area is 166 Å². The van der Waals surface area contributed by atoms with E-state index in [0.717, 1.165) is 35.4 Å². The van der Waals surface area contributed by atoms with Crippen LogP contribution in [0.2, 0.25) is 0 Å². The van der Waals surface area contributed by atoms with Gasteiger partial charge in [0.15, 0.2) is 11.5 Å². The first-order valence-electron chi connectivity index (χ1n) is 10.00. The van der Waals surface area contributed by atoms with Crippen LogP contribution < -0.4 is 14.8 Å². The lowest BCUT2D eigenvalue weighted by Gasteiger charge is -2.22. The van der Waals surface area contributed by atoms with Gasteiger partial charge in [0.2, 0.25) is 0 Å². The van der Waals surface area contributed by atoms with Crippen molar-refractivity contribution in [1.82, 2.24) is 9.97 Å². The van der Waals surface area contributed by atoms with E-state index in [1.165, 1.54) is 24.8 Å². The largest absolute Gasteiger partial charge is 0.493 e. The first-order chi connectivity index (χ1) is 13.8. The molecule has 0 spiro atoms. The Bertz CT molecular complexity index is 937. The van der Waals surface area contributed by atoms with E-state index in [9.17, 15) is 0 Å². The first-order valence-corrected chi connectivity index (χ1v) is 10.00. The van der Waals surface area contributed by atoms with Crippen molar-refractivity contribution in [2.45, 2.75) is 44.6 Å². The molecule has 0 unspecified atom stereocenters. The standard InChI is InChI=1S/C23H27N3O2/c1-27-20-13-18-19(14-21(20)28-2)25-22(17-11-7-4-8-12-17)26-23(18)24-15-16-9-5-3-6-10-16/h3,5-6,9-10,13-14,17H,4,7-8,11-12,15H2,1-2H3,(H,24,25,26). The van der Waals surface area contributed by atoms with E-state index in [1.807, 2.05) is 18.2 Å². The van der Waals surface area contributed by atoms with Crippen molar-refractivity contribution < 1.29 is 9.47 Å². The first kappa shape index (κ1) is 18.5. The maximum Gasteiger partial charge on any atom is 0.162 e. The highest BCUT2D eigenvalue weighted by Crippen LogP contribution is 2.37. The SMILES string of the molecule is COc1cc2nc(C3CCCCC3)nc(NCc3ccccc3)c2cc1OC. The minimum Gasteiger partial charge on any atom is -0.493 e. The summed E-state index contributed by atoms with van der Waals surface area (Å²) in [5, 5.41) is 4.48. The van der Waals surface area contributed by atoms with E-state index in [2.05, 4.69) is 29.6 Å². The molecule has 1 fully saturated rings. The van der Waals surface area contributed by atoms with E-state index >= 15 is 0 Å². The normalized spacial score (nSPS) is 14.8. The van der Waals surface area contributed by atoms with Gasteiger partial charge in [-0.2, -0.15) is 0 Å². The zero-order valence-corrected chi connectivity index (χ0v) is 16.6. The van der Waals surface area contributed by atoms with Crippen LogP contribution in [0.1, 0.15) is 49.4 Å². The lowest BCUT2D eigenvalue weighted by atomic mass is 9.88. The molecule has 0 amide bonds. The molecule has 0 aliphatic heterocycles. The van der Waals surface area contributed by atoms with E-state index in [-0.39, 0.29) is 0 Å². The van der Waals surface area contributed by atoms with Gasteiger partial charge in [-0.3, -0.25) is 0 Å². The second-order valence-corrected chi connectivity index (χ2v) is 7.33. The summed E-state index contributed by atoms with van der Waals surface area (Å²) in [4.78, 5) is 9.86. The predicted octanol–water partition coefficient (Wildman–Crippen LogP) is 5.31. The van der Waals surface area contributed by atoms with Gasteiger partial charge >= 0.3 is 0 Å². The van der Waals surface area contributed by atoms with Crippen molar-refractivity contribution in [2.75, 3.05) is 19.5 Å². The van der Waals surface area contributed by atoms with Crippen molar-refractivity contribution in [2.24, 2.45) is 0 Å². The quantitative estimate of drug-likeness (QED) is 0.631. The van der Waals surface area contributed by atoms with Crippen LogP contribution in [-0.2, 0) is 6.54 Å². The third-order valence-corrected chi connectivity index (χ3v) is 5.49. The van der Waals surface area contributed by atoms with E-state index in [1.54, 1.807) is 14.2 Å². The monoisotopic (exact) mass is 377 g/mol. The summed E-state index contributed by atoms with van der Waals surface area (Å²) in [5.41, 5.74) is 2.11. The third kappa shape index (κ3) is 3.88. The Balaban J connectivity index is 1.76.